The summed E-state index contributed by atoms with van der Waals surface area (Å²) in [6.45, 7) is 4.14. The lowest BCUT2D eigenvalue weighted by atomic mass is 10.2. The summed E-state index contributed by atoms with van der Waals surface area (Å²) < 4.78 is 0.614. The van der Waals surface area contributed by atoms with Crippen molar-refractivity contribution < 1.29 is 9.59 Å². The van der Waals surface area contributed by atoms with Crippen molar-refractivity contribution in [3.8, 4) is 0 Å². The molecule has 2 rings (SSSR count). The third kappa shape index (κ3) is 3.92. The van der Waals surface area contributed by atoms with Gasteiger partial charge in [0.2, 0.25) is 5.91 Å². The van der Waals surface area contributed by atoms with E-state index in [0.29, 0.717) is 15.8 Å². The van der Waals surface area contributed by atoms with Crippen LogP contribution in [0.15, 0.2) is 29.2 Å². The van der Waals surface area contributed by atoms with Crippen LogP contribution in [0, 0.1) is 0 Å². The zero-order chi connectivity index (χ0) is 15.4. The van der Waals surface area contributed by atoms with Crippen LogP contribution in [0.2, 0.25) is 0 Å². The molecule has 0 aromatic heterocycles. The van der Waals surface area contributed by atoms with Gasteiger partial charge in [-0.3, -0.25) is 14.5 Å². The van der Waals surface area contributed by atoms with E-state index in [9.17, 15) is 9.59 Å². The number of nitrogens with one attached hydrogen (secondary N) is 1. The van der Waals surface area contributed by atoms with E-state index < -0.39 is 0 Å². The van der Waals surface area contributed by atoms with Crippen molar-refractivity contribution in [2.24, 2.45) is 0 Å². The van der Waals surface area contributed by atoms with E-state index in [1.165, 1.54) is 18.7 Å². The van der Waals surface area contributed by atoms with Crippen molar-refractivity contribution in [2.75, 3.05) is 11.9 Å². The molecule has 0 bridgehead atoms. The van der Waals surface area contributed by atoms with Gasteiger partial charge in [-0.25, -0.2) is 0 Å². The Hall–Kier alpha value is -1.66. The summed E-state index contributed by atoms with van der Waals surface area (Å²) in [5.41, 5.74) is 1.64. The van der Waals surface area contributed by atoms with Crippen LogP contribution in [-0.2, 0) is 9.59 Å². The molecule has 1 aliphatic heterocycles. The Labute approximate surface area is 133 Å². The number of amides is 2. The molecule has 21 heavy (non-hydrogen) atoms. The molecule has 1 saturated heterocycles. The predicted octanol–water partition coefficient (Wildman–Crippen LogP) is 3.26. The molecule has 2 amide bonds. The molecule has 0 radical (unpaired) electrons. The minimum Gasteiger partial charge on any atom is -0.326 e. The second-order valence-corrected chi connectivity index (χ2v) is 6.31. The SMILES string of the molecule is CCCN1C(=O)/C(=C\c2ccc(NC(C)=O)cc2)SC1=S. The average molecular weight is 320 g/mol. The molecule has 1 heterocycles. The molecule has 0 spiro atoms. The molecule has 1 aliphatic rings. The average Bonchev–Trinajstić information content (AvgIpc) is 2.69. The van der Waals surface area contributed by atoms with Crippen molar-refractivity contribution in [3.63, 3.8) is 0 Å². The van der Waals surface area contributed by atoms with Gasteiger partial charge in [-0.05, 0) is 30.2 Å². The molecule has 0 saturated carbocycles. The third-order valence-corrected chi connectivity index (χ3v) is 4.23. The van der Waals surface area contributed by atoms with Gasteiger partial charge >= 0.3 is 0 Å². The molecule has 1 N–H and O–H groups in total. The summed E-state index contributed by atoms with van der Waals surface area (Å²) in [5.74, 6) is -0.138. The molecule has 0 aliphatic carbocycles. The summed E-state index contributed by atoms with van der Waals surface area (Å²) >= 11 is 6.55. The Morgan fingerprint density at radius 3 is 2.62 bits per heavy atom. The Balaban J connectivity index is 2.15. The number of carbonyl (C=O) groups excluding carboxylic acids is 2. The first kappa shape index (κ1) is 15.7. The van der Waals surface area contributed by atoms with Gasteiger partial charge in [0.15, 0.2) is 0 Å². The molecule has 0 unspecified atom stereocenters. The maximum absolute atomic E-state index is 12.2. The Kier molecular flexibility index (Phi) is 5.14. The quantitative estimate of drug-likeness (QED) is 0.683. The highest BCUT2D eigenvalue weighted by Gasteiger charge is 2.30. The van der Waals surface area contributed by atoms with E-state index in [-0.39, 0.29) is 11.8 Å². The van der Waals surface area contributed by atoms with E-state index in [1.54, 1.807) is 17.0 Å². The molecule has 1 fully saturated rings. The number of thiocarbonyl (C=S) groups is 1. The maximum Gasteiger partial charge on any atom is 0.266 e. The normalized spacial score (nSPS) is 16.7. The van der Waals surface area contributed by atoms with Crippen LogP contribution in [0.25, 0.3) is 6.08 Å². The lowest BCUT2D eigenvalue weighted by molar-refractivity contribution is -0.122. The van der Waals surface area contributed by atoms with Gasteiger partial charge in [-0.1, -0.05) is 43.0 Å². The van der Waals surface area contributed by atoms with Crippen LogP contribution >= 0.6 is 24.0 Å². The van der Waals surface area contributed by atoms with Crippen molar-refractivity contribution >= 4 is 51.9 Å². The van der Waals surface area contributed by atoms with E-state index in [2.05, 4.69) is 5.32 Å². The molecule has 1 aromatic carbocycles. The number of hydrogen-bond acceptors (Lipinski definition) is 4. The smallest absolute Gasteiger partial charge is 0.266 e. The van der Waals surface area contributed by atoms with E-state index in [0.717, 1.165) is 17.7 Å². The van der Waals surface area contributed by atoms with Crippen molar-refractivity contribution in [2.45, 2.75) is 20.3 Å². The van der Waals surface area contributed by atoms with Gasteiger partial charge < -0.3 is 5.32 Å². The van der Waals surface area contributed by atoms with Gasteiger partial charge in [0.25, 0.3) is 5.91 Å². The monoisotopic (exact) mass is 320 g/mol. The summed E-state index contributed by atoms with van der Waals surface area (Å²) in [4.78, 5) is 25.5. The molecular weight excluding hydrogens is 304 g/mol. The molecule has 110 valence electrons. The number of nitrogens with zero attached hydrogens (tertiary/aromatic N) is 1. The van der Waals surface area contributed by atoms with Crippen LogP contribution in [0.1, 0.15) is 25.8 Å². The van der Waals surface area contributed by atoms with Gasteiger partial charge in [-0.15, -0.1) is 0 Å². The van der Waals surface area contributed by atoms with Crippen molar-refractivity contribution in [1.29, 1.82) is 0 Å². The Morgan fingerprint density at radius 2 is 2.05 bits per heavy atom. The number of benzene rings is 1. The van der Waals surface area contributed by atoms with Crippen molar-refractivity contribution in [1.82, 2.24) is 4.90 Å². The fourth-order valence-electron chi connectivity index (χ4n) is 1.93. The first-order valence-electron chi connectivity index (χ1n) is 6.64. The Morgan fingerprint density at radius 1 is 1.38 bits per heavy atom. The predicted molar refractivity (Wildman–Crippen MR) is 90.9 cm³/mol. The highest BCUT2D eigenvalue weighted by molar-refractivity contribution is 8.26. The first-order chi connectivity index (χ1) is 10.0. The zero-order valence-electron chi connectivity index (χ0n) is 11.9. The summed E-state index contributed by atoms with van der Waals surface area (Å²) in [5, 5.41) is 2.70. The lowest BCUT2D eigenvalue weighted by Gasteiger charge is -2.11. The van der Waals surface area contributed by atoms with Crippen LogP contribution in [0.4, 0.5) is 5.69 Å². The zero-order valence-corrected chi connectivity index (χ0v) is 13.5. The summed E-state index contributed by atoms with van der Waals surface area (Å²) in [6.07, 6.45) is 2.71. The standard InChI is InChI=1S/C15H16N2O2S2/c1-3-8-17-14(19)13(21-15(17)20)9-11-4-6-12(7-5-11)16-10(2)18/h4-7,9H,3,8H2,1-2H3,(H,16,18)/b13-9+. The fraction of sp³-hybridized carbons (Fsp3) is 0.267. The summed E-state index contributed by atoms with van der Waals surface area (Å²) in [7, 11) is 0. The highest BCUT2D eigenvalue weighted by Crippen LogP contribution is 2.32. The highest BCUT2D eigenvalue weighted by atomic mass is 32.2. The first-order valence-corrected chi connectivity index (χ1v) is 7.86. The lowest BCUT2D eigenvalue weighted by Crippen LogP contribution is -2.28. The minimum atomic E-state index is -0.108. The van der Waals surface area contributed by atoms with Crippen LogP contribution in [0.3, 0.4) is 0 Å². The topological polar surface area (TPSA) is 49.4 Å². The van der Waals surface area contributed by atoms with Gasteiger partial charge in [-0.2, -0.15) is 0 Å². The number of rotatable bonds is 4. The summed E-state index contributed by atoms with van der Waals surface area (Å²) in [6, 6.07) is 7.33. The van der Waals surface area contributed by atoms with Gasteiger partial charge in [0.05, 0.1) is 4.91 Å². The van der Waals surface area contributed by atoms with Crippen LogP contribution < -0.4 is 5.32 Å². The van der Waals surface area contributed by atoms with Crippen molar-refractivity contribution in [3.05, 3.63) is 34.7 Å². The maximum atomic E-state index is 12.2. The molecule has 4 nitrogen and oxygen atoms in total. The minimum absolute atomic E-state index is 0.0298. The molecule has 0 atom stereocenters. The molecule has 1 aromatic rings. The number of anilines is 1. The van der Waals surface area contributed by atoms with Crippen LogP contribution in [-0.4, -0.2) is 27.6 Å². The molecule has 6 heteroatoms. The second kappa shape index (κ2) is 6.87. The third-order valence-electron chi connectivity index (χ3n) is 2.85. The molecular formula is C15H16N2O2S2. The number of thioether (sulfide) groups is 1. The second-order valence-electron chi connectivity index (χ2n) is 4.64. The van der Waals surface area contributed by atoms with E-state index in [1.807, 2.05) is 25.1 Å². The Bertz CT molecular complexity index is 609. The van der Waals surface area contributed by atoms with E-state index >= 15 is 0 Å². The van der Waals surface area contributed by atoms with Gasteiger partial charge in [0, 0.05) is 19.2 Å². The number of hydrogen-bond donors (Lipinski definition) is 1. The fourth-order valence-corrected chi connectivity index (χ4v) is 3.24. The van der Waals surface area contributed by atoms with E-state index in [4.69, 9.17) is 12.2 Å². The number of carbonyl (C=O) groups is 2. The largest absolute Gasteiger partial charge is 0.326 e. The van der Waals surface area contributed by atoms with Crippen LogP contribution in [0.5, 0.6) is 0 Å². The van der Waals surface area contributed by atoms with Gasteiger partial charge in [0.1, 0.15) is 4.32 Å².